The standard InChI is InChI=1S/C25H35N5O/c1-4-26-25(28-18-21-11-13-23(14-12-21)24(31)29(2)3)27-17-20-7-9-22(10-8-20)19-30-15-5-6-16-30/h7-14H,4-6,15-19H2,1-3H3,(H2,26,27,28). The van der Waals surface area contributed by atoms with Gasteiger partial charge in [-0.15, -0.1) is 0 Å². The van der Waals surface area contributed by atoms with E-state index in [2.05, 4.69) is 51.7 Å². The Kier molecular flexibility index (Phi) is 8.47. The molecule has 6 nitrogen and oxygen atoms in total. The van der Waals surface area contributed by atoms with Crippen LogP contribution in [0, 0.1) is 0 Å². The predicted molar refractivity (Wildman–Crippen MR) is 127 cm³/mol. The zero-order valence-electron chi connectivity index (χ0n) is 19.0. The molecule has 1 saturated heterocycles. The molecule has 1 fully saturated rings. The van der Waals surface area contributed by atoms with Crippen LogP contribution in [-0.4, -0.2) is 55.4 Å². The molecule has 2 aromatic carbocycles. The summed E-state index contributed by atoms with van der Waals surface area (Å²) in [7, 11) is 3.52. The molecule has 1 aliphatic heterocycles. The highest BCUT2D eigenvalue weighted by molar-refractivity contribution is 5.93. The van der Waals surface area contributed by atoms with Crippen molar-refractivity contribution in [1.82, 2.24) is 20.4 Å². The third-order valence-corrected chi connectivity index (χ3v) is 5.46. The van der Waals surface area contributed by atoms with Crippen LogP contribution in [0.15, 0.2) is 53.5 Å². The van der Waals surface area contributed by atoms with Crippen molar-refractivity contribution in [3.8, 4) is 0 Å². The van der Waals surface area contributed by atoms with Gasteiger partial charge in [0, 0.05) is 39.3 Å². The number of rotatable bonds is 8. The molecule has 0 bridgehead atoms. The van der Waals surface area contributed by atoms with Gasteiger partial charge in [-0.1, -0.05) is 36.4 Å². The summed E-state index contributed by atoms with van der Waals surface area (Å²) in [5.74, 6) is 0.800. The third-order valence-electron chi connectivity index (χ3n) is 5.46. The molecule has 2 N–H and O–H groups in total. The maximum Gasteiger partial charge on any atom is 0.253 e. The molecular formula is C25H35N5O. The second-order valence-electron chi connectivity index (χ2n) is 8.24. The fourth-order valence-electron chi connectivity index (χ4n) is 3.67. The number of carbonyl (C=O) groups excluding carboxylic acids is 1. The first-order valence-electron chi connectivity index (χ1n) is 11.2. The monoisotopic (exact) mass is 421 g/mol. The third kappa shape index (κ3) is 7.10. The van der Waals surface area contributed by atoms with Crippen molar-refractivity contribution in [2.75, 3.05) is 33.7 Å². The van der Waals surface area contributed by atoms with Crippen LogP contribution < -0.4 is 10.6 Å². The highest BCUT2D eigenvalue weighted by atomic mass is 16.2. The average molecular weight is 422 g/mol. The van der Waals surface area contributed by atoms with Gasteiger partial charge in [0.1, 0.15) is 0 Å². The SMILES string of the molecule is CCNC(=NCc1ccc(C(=O)N(C)C)cc1)NCc1ccc(CN2CCCC2)cc1. The zero-order chi connectivity index (χ0) is 22.1. The van der Waals surface area contributed by atoms with Crippen molar-refractivity contribution in [3.05, 3.63) is 70.8 Å². The van der Waals surface area contributed by atoms with Crippen molar-refractivity contribution in [1.29, 1.82) is 0 Å². The molecule has 0 atom stereocenters. The Bertz CT molecular complexity index is 852. The summed E-state index contributed by atoms with van der Waals surface area (Å²) in [5.41, 5.74) is 4.37. The molecule has 0 spiro atoms. The minimum atomic E-state index is 0.0107. The molecule has 0 aromatic heterocycles. The topological polar surface area (TPSA) is 60.0 Å². The van der Waals surface area contributed by atoms with Crippen LogP contribution in [0.25, 0.3) is 0 Å². The number of nitrogens with zero attached hydrogens (tertiary/aromatic N) is 3. The van der Waals surface area contributed by atoms with Crippen LogP contribution in [0.4, 0.5) is 0 Å². The second-order valence-corrected chi connectivity index (χ2v) is 8.24. The summed E-state index contributed by atoms with van der Waals surface area (Å²) in [4.78, 5) is 20.8. The molecule has 2 aromatic rings. The fourth-order valence-corrected chi connectivity index (χ4v) is 3.67. The smallest absolute Gasteiger partial charge is 0.253 e. The van der Waals surface area contributed by atoms with Gasteiger partial charge >= 0.3 is 0 Å². The molecule has 0 radical (unpaired) electrons. The van der Waals surface area contributed by atoms with Gasteiger partial charge in [-0.3, -0.25) is 9.69 Å². The van der Waals surface area contributed by atoms with E-state index in [0.29, 0.717) is 12.1 Å². The lowest BCUT2D eigenvalue weighted by atomic mass is 10.1. The molecule has 3 rings (SSSR count). The summed E-state index contributed by atoms with van der Waals surface area (Å²) >= 11 is 0. The number of hydrogen-bond donors (Lipinski definition) is 2. The van der Waals surface area contributed by atoms with Gasteiger partial charge in [-0.25, -0.2) is 4.99 Å². The van der Waals surface area contributed by atoms with Gasteiger partial charge in [0.25, 0.3) is 5.91 Å². The van der Waals surface area contributed by atoms with Gasteiger partial charge in [-0.2, -0.15) is 0 Å². The number of guanidine groups is 1. The average Bonchev–Trinajstić information content (AvgIpc) is 3.29. The maximum absolute atomic E-state index is 12.0. The molecule has 1 amide bonds. The summed E-state index contributed by atoms with van der Waals surface area (Å²) in [5, 5.41) is 6.71. The van der Waals surface area contributed by atoms with E-state index in [-0.39, 0.29) is 5.91 Å². The maximum atomic E-state index is 12.0. The van der Waals surface area contributed by atoms with E-state index in [4.69, 9.17) is 0 Å². The Balaban J connectivity index is 1.52. The molecule has 1 aliphatic rings. The second kappa shape index (κ2) is 11.5. The largest absolute Gasteiger partial charge is 0.357 e. The van der Waals surface area contributed by atoms with E-state index in [1.54, 1.807) is 19.0 Å². The lowest BCUT2D eigenvalue weighted by Gasteiger charge is -2.15. The normalized spacial score (nSPS) is 14.5. The summed E-state index contributed by atoms with van der Waals surface area (Å²) in [6, 6.07) is 16.5. The van der Waals surface area contributed by atoms with E-state index in [1.807, 2.05) is 24.3 Å². The van der Waals surface area contributed by atoms with Gasteiger partial charge in [0.2, 0.25) is 0 Å². The van der Waals surface area contributed by atoms with Crippen LogP contribution in [-0.2, 0) is 19.6 Å². The van der Waals surface area contributed by atoms with Crippen LogP contribution in [0.5, 0.6) is 0 Å². The van der Waals surface area contributed by atoms with E-state index in [1.165, 1.54) is 37.1 Å². The minimum absolute atomic E-state index is 0.0107. The Morgan fingerprint density at radius 1 is 0.935 bits per heavy atom. The number of carbonyl (C=O) groups is 1. The first kappa shape index (κ1) is 22.8. The Hall–Kier alpha value is -2.86. The Morgan fingerprint density at radius 3 is 2.16 bits per heavy atom. The lowest BCUT2D eigenvalue weighted by molar-refractivity contribution is 0.0827. The van der Waals surface area contributed by atoms with Crippen LogP contribution >= 0.6 is 0 Å². The first-order valence-corrected chi connectivity index (χ1v) is 11.2. The Labute approximate surface area is 186 Å². The van der Waals surface area contributed by atoms with Crippen LogP contribution in [0.2, 0.25) is 0 Å². The van der Waals surface area contributed by atoms with Crippen LogP contribution in [0.3, 0.4) is 0 Å². The quantitative estimate of drug-likeness (QED) is 0.507. The van der Waals surface area contributed by atoms with Crippen molar-refractivity contribution < 1.29 is 4.79 Å². The summed E-state index contributed by atoms with van der Waals surface area (Å²) in [6.07, 6.45) is 2.65. The lowest BCUT2D eigenvalue weighted by Crippen LogP contribution is -2.36. The molecule has 0 unspecified atom stereocenters. The predicted octanol–water partition coefficient (Wildman–Crippen LogP) is 3.24. The van der Waals surface area contributed by atoms with E-state index >= 15 is 0 Å². The van der Waals surface area contributed by atoms with E-state index < -0.39 is 0 Å². The zero-order valence-corrected chi connectivity index (χ0v) is 19.0. The van der Waals surface area contributed by atoms with Crippen molar-refractivity contribution in [3.63, 3.8) is 0 Å². The molecule has 31 heavy (non-hydrogen) atoms. The number of likely N-dealkylation sites (tertiary alicyclic amines) is 1. The highest BCUT2D eigenvalue weighted by Gasteiger charge is 2.11. The molecule has 6 heteroatoms. The van der Waals surface area contributed by atoms with Gasteiger partial charge in [0.15, 0.2) is 5.96 Å². The van der Waals surface area contributed by atoms with Crippen molar-refractivity contribution >= 4 is 11.9 Å². The molecule has 166 valence electrons. The number of hydrogen-bond acceptors (Lipinski definition) is 3. The highest BCUT2D eigenvalue weighted by Crippen LogP contribution is 2.13. The number of nitrogens with one attached hydrogen (secondary N) is 2. The summed E-state index contributed by atoms with van der Waals surface area (Å²) < 4.78 is 0. The molecule has 0 aliphatic carbocycles. The summed E-state index contributed by atoms with van der Waals surface area (Å²) in [6.45, 7) is 7.65. The molecule has 1 heterocycles. The number of aliphatic imine (C=N–C) groups is 1. The number of amides is 1. The first-order chi connectivity index (χ1) is 15.0. The van der Waals surface area contributed by atoms with Gasteiger partial charge in [0.05, 0.1) is 6.54 Å². The minimum Gasteiger partial charge on any atom is -0.357 e. The van der Waals surface area contributed by atoms with Gasteiger partial charge in [-0.05, 0) is 61.7 Å². The fraction of sp³-hybridized carbons (Fsp3) is 0.440. The van der Waals surface area contributed by atoms with E-state index in [0.717, 1.165) is 31.2 Å². The molecular weight excluding hydrogens is 386 g/mol. The molecule has 0 saturated carbocycles. The van der Waals surface area contributed by atoms with Gasteiger partial charge < -0.3 is 15.5 Å². The van der Waals surface area contributed by atoms with Crippen LogP contribution in [0.1, 0.15) is 46.8 Å². The van der Waals surface area contributed by atoms with E-state index in [9.17, 15) is 4.79 Å². The van der Waals surface area contributed by atoms with Crippen molar-refractivity contribution in [2.24, 2.45) is 4.99 Å². The number of benzene rings is 2. The van der Waals surface area contributed by atoms with Crippen molar-refractivity contribution in [2.45, 2.75) is 39.4 Å². The Morgan fingerprint density at radius 2 is 1.55 bits per heavy atom.